The highest BCUT2D eigenvalue weighted by molar-refractivity contribution is 7.84. The van der Waals surface area contributed by atoms with Crippen LogP contribution < -0.4 is 4.72 Å². The third-order valence-corrected chi connectivity index (χ3v) is 5.75. The first-order valence-corrected chi connectivity index (χ1v) is 10.4. The van der Waals surface area contributed by atoms with Gasteiger partial charge in [0.15, 0.2) is 0 Å². The molecular formula is C18H34F3NO3S. The molecule has 0 aliphatic heterocycles. The van der Waals surface area contributed by atoms with Gasteiger partial charge in [-0.3, -0.25) is 4.79 Å². The lowest BCUT2D eigenvalue weighted by molar-refractivity contribution is -0.178. The summed E-state index contributed by atoms with van der Waals surface area (Å²) in [5, 5.41) is 0. The SMILES string of the molecule is CCCCCCCCC[C@@H](C(=O)OC)[C@@H](N[S@](=O)C(C)(C)C)C(F)(F)F. The maximum Gasteiger partial charge on any atom is 0.405 e. The van der Waals surface area contributed by atoms with Gasteiger partial charge in [-0.15, -0.1) is 0 Å². The Morgan fingerprint density at radius 1 is 1.04 bits per heavy atom. The van der Waals surface area contributed by atoms with E-state index in [9.17, 15) is 22.2 Å². The molecule has 0 heterocycles. The van der Waals surface area contributed by atoms with Crippen molar-refractivity contribution in [3.8, 4) is 0 Å². The van der Waals surface area contributed by atoms with Crippen LogP contribution in [0.15, 0.2) is 0 Å². The van der Waals surface area contributed by atoms with Crippen molar-refractivity contribution in [2.75, 3.05) is 7.11 Å². The van der Waals surface area contributed by atoms with Gasteiger partial charge in [-0.25, -0.2) is 8.93 Å². The number of hydrogen-bond donors (Lipinski definition) is 1. The van der Waals surface area contributed by atoms with Crippen LogP contribution in [0.1, 0.15) is 79.1 Å². The van der Waals surface area contributed by atoms with Gasteiger partial charge in [0.2, 0.25) is 0 Å². The first-order valence-electron chi connectivity index (χ1n) is 9.27. The van der Waals surface area contributed by atoms with Crippen LogP contribution in [0.25, 0.3) is 0 Å². The minimum absolute atomic E-state index is 0.0545. The Kier molecular flexibility index (Phi) is 11.7. The molecule has 0 unspecified atom stereocenters. The Hall–Kier alpha value is -0.630. The summed E-state index contributed by atoms with van der Waals surface area (Å²) in [6.07, 6.45) is 2.02. The average molecular weight is 402 g/mol. The number of halogens is 3. The molecule has 3 atom stereocenters. The van der Waals surface area contributed by atoms with Crippen LogP contribution in [0.2, 0.25) is 0 Å². The standard InChI is InChI=1S/C18H34F3NO3S/c1-6-7-8-9-10-11-12-13-14(16(23)25-5)15(18(19,20)21)22-26(24)17(2,3)4/h14-15,22H,6-13H2,1-5H3/t14-,15-,26-/m1/s1. The first-order chi connectivity index (χ1) is 11.9. The normalized spacial score (nSPS) is 16.2. The van der Waals surface area contributed by atoms with Gasteiger partial charge >= 0.3 is 12.1 Å². The van der Waals surface area contributed by atoms with E-state index in [-0.39, 0.29) is 6.42 Å². The van der Waals surface area contributed by atoms with Gasteiger partial charge in [-0.2, -0.15) is 13.2 Å². The van der Waals surface area contributed by atoms with E-state index in [0.29, 0.717) is 6.42 Å². The van der Waals surface area contributed by atoms with Gasteiger partial charge in [0.1, 0.15) is 6.04 Å². The molecule has 0 rings (SSSR count). The molecule has 0 aliphatic carbocycles. The van der Waals surface area contributed by atoms with E-state index in [2.05, 4.69) is 16.4 Å². The Morgan fingerprint density at radius 2 is 1.54 bits per heavy atom. The third kappa shape index (κ3) is 9.90. The number of carbonyl (C=O) groups is 1. The molecule has 0 aromatic heterocycles. The lowest BCUT2D eigenvalue weighted by Crippen LogP contribution is -2.53. The number of methoxy groups -OCH3 is 1. The Bertz CT molecular complexity index is 436. The summed E-state index contributed by atoms with van der Waals surface area (Å²) in [4.78, 5) is 12.0. The van der Waals surface area contributed by atoms with Gasteiger partial charge < -0.3 is 4.74 Å². The summed E-state index contributed by atoms with van der Waals surface area (Å²) in [6.45, 7) is 6.85. The Labute approximate surface area is 158 Å². The number of alkyl halides is 3. The smallest absolute Gasteiger partial charge is 0.405 e. The van der Waals surface area contributed by atoms with Crippen molar-refractivity contribution in [3.63, 3.8) is 0 Å². The molecule has 1 N–H and O–H groups in total. The van der Waals surface area contributed by atoms with E-state index in [1.807, 2.05) is 0 Å². The second-order valence-corrected chi connectivity index (χ2v) is 9.56. The van der Waals surface area contributed by atoms with Crippen LogP contribution in [0.4, 0.5) is 13.2 Å². The Morgan fingerprint density at radius 3 is 1.96 bits per heavy atom. The lowest BCUT2D eigenvalue weighted by Gasteiger charge is -2.30. The molecule has 4 nitrogen and oxygen atoms in total. The number of nitrogens with one attached hydrogen (secondary N) is 1. The zero-order valence-corrected chi connectivity index (χ0v) is 17.4. The molecule has 0 aromatic carbocycles. The van der Waals surface area contributed by atoms with E-state index in [0.717, 1.165) is 45.6 Å². The van der Waals surface area contributed by atoms with Gasteiger partial charge in [-0.1, -0.05) is 51.9 Å². The maximum absolute atomic E-state index is 13.5. The fourth-order valence-corrected chi connectivity index (χ4v) is 3.44. The molecule has 26 heavy (non-hydrogen) atoms. The second kappa shape index (κ2) is 12.0. The van der Waals surface area contributed by atoms with Crippen molar-refractivity contribution in [1.82, 2.24) is 4.72 Å². The molecule has 8 heteroatoms. The summed E-state index contributed by atoms with van der Waals surface area (Å²) < 4.78 is 58.6. The first kappa shape index (κ1) is 25.4. The molecule has 0 fully saturated rings. The molecule has 156 valence electrons. The summed E-state index contributed by atoms with van der Waals surface area (Å²) in [5.74, 6) is -2.32. The van der Waals surface area contributed by atoms with Crippen molar-refractivity contribution in [1.29, 1.82) is 0 Å². The summed E-state index contributed by atoms with van der Waals surface area (Å²) in [7, 11) is -0.866. The number of esters is 1. The molecule has 0 radical (unpaired) electrons. The summed E-state index contributed by atoms with van der Waals surface area (Å²) in [5.41, 5.74) is 0. The van der Waals surface area contributed by atoms with Gasteiger partial charge in [0.25, 0.3) is 0 Å². The average Bonchev–Trinajstić information content (AvgIpc) is 2.53. The van der Waals surface area contributed by atoms with E-state index in [4.69, 9.17) is 0 Å². The van der Waals surface area contributed by atoms with Crippen molar-refractivity contribution in [2.24, 2.45) is 5.92 Å². The maximum atomic E-state index is 13.5. The molecule has 0 amide bonds. The molecule has 0 aliphatic rings. The fraction of sp³-hybridized carbons (Fsp3) is 0.944. The molecule has 0 aromatic rings. The van der Waals surface area contributed by atoms with Crippen molar-refractivity contribution in [3.05, 3.63) is 0 Å². The summed E-state index contributed by atoms with van der Waals surface area (Å²) in [6, 6.07) is -2.19. The zero-order chi connectivity index (χ0) is 20.4. The predicted octanol–water partition coefficient (Wildman–Crippen LogP) is 4.90. The highest BCUT2D eigenvalue weighted by atomic mass is 32.2. The van der Waals surface area contributed by atoms with E-state index < -0.39 is 39.8 Å². The second-order valence-electron chi connectivity index (χ2n) is 7.56. The number of carbonyl (C=O) groups excluding carboxylic acids is 1. The van der Waals surface area contributed by atoms with Crippen LogP contribution in [0.3, 0.4) is 0 Å². The fourth-order valence-electron chi connectivity index (χ4n) is 2.56. The molecule has 0 bridgehead atoms. The molecule has 0 spiro atoms. The number of unbranched alkanes of at least 4 members (excludes halogenated alkanes) is 6. The van der Waals surface area contributed by atoms with Crippen molar-refractivity contribution >= 4 is 17.0 Å². The highest BCUT2D eigenvalue weighted by Crippen LogP contribution is 2.31. The Balaban J connectivity index is 4.95. The third-order valence-electron chi connectivity index (χ3n) is 4.17. The quantitative estimate of drug-likeness (QED) is 0.374. The minimum Gasteiger partial charge on any atom is -0.469 e. The highest BCUT2D eigenvalue weighted by Gasteiger charge is 2.49. The molecule has 0 saturated heterocycles. The molecular weight excluding hydrogens is 367 g/mol. The van der Waals surface area contributed by atoms with Crippen molar-refractivity contribution in [2.45, 2.75) is 96.0 Å². The van der Waals surface area contributed by atoms with Gasteiger partial charge in [0.05, 0.1) is 28.8 Å². The predicted molar refractivity (Wildman–Crippen MR) is 99.0 cm³/mol. The van der Waals surface area contributed by atoms with Gasteiger partial charge in [-0.05, 0) is 27.2 Å². The van der Waals surface area contributed by atoms with Crippen LogP contribution in [0.5, 0.6) is 0 Å². The van der Waals surface area contributed by atoms with Crippen LogP contribution in [0, 0.1) is 5.92 Å². The minimum atomic E-state index is -4.69. The summed E-state index contributed by atoms with van der Waals surface area (Å²) >= 11 is 0. The van der Waals surface area contributed by atoms with E-state index >= 15 is 0 Å². The zero-order valence-electron chi connectivity index (χ0n) is 16.6. The lowest BCUT2D eigenvalue weighted by atomic mass is 9.93. The topological polar surface area (TPSA) is 55.4 Å². The monoisotopic (exact) mass is 401 g/mol. The largest absolute Gasteiger partial charge is 0.469 e. The molecule has 0 saturated carbocycles. The van der Waals surface area contributed by atoms with Crippen LogP contribution in [-0.2, 0) is 20.5 Å². The number of hydrogen-bond acceptors (Lipinski definition) is 3. The van der Waals surface area contributed by atoms with Crippen LogP contribution in [-0.4, -0.2) is 34.3 Å². The number of rotatable bonds is 12. The van der Waals surface area contributed by atoms with E-state index in [1.54, 1.807) is 20.8 Å². The van der Waals surface area contributed by atoms with Gasteiger partial charge in [0, 0.05) is 0 Å². The number of ether oxygens (including phenoxy) is 1. The van der Waals surface area contributed by atoms with E-state index in [1.165, 1.54) is 0 Å². The van der Waals surface area contributed by atoms with Crippen molar-refractivity contribution < 1.29 is 26.9 Å². The van der Waals surface area contributed by atoms with Crippen LogP contribution >= 0.6 is 0 Å².